The van der Waals surface area contributed by atoms with Gasteiger partial charge in [-0.15, -0.1) is 0 Å². The van der Waals surface area contributed by atoms with Gasteiger partial charge in [-0.3, -0.25) is 4.79 Å². The number of carbonyl (C=O) groups is 1. The van der Waals surface area contributed by atoms with E-state index in [1.54, 1.807) is 0 Å². The summed E-state index contributed by atoms with van der Waals surface area (Å²) in [6.07, 6.45) is 0. The van der Waals surface area contributed by atoms with Crippen molar-refractivity contribution in [2.75, 3.05) is 13.2 Å². The van der Waals surface area contributed by atoms with Crippen LogP contribution in [0.4, 0.5) is 0 Å². The van der Waals surface area contributed by atoms with E-state index in [1.807, 2.05) is 46.8 Å². The molecule has 0 saturated carbocycles. The first-order chi connectivity index (χ1) is 9.75. The zero-order valence-electron chi connectivity index (χ0n) is 13.4. The van der Waals surface area contributed by atoms with Crippen LogP contribution >= 0.6 is 0 Å². The maximum Gasteiger partial charge on any atom is 0.311 e. The first kappa shape index (κ1) is 17.1. The van der Waals surface area contributed by atoms with Gasteiger partial charge in [0.1, 0.15) is 0 Å². The van der Waals surface area contributed by atoms with Crippen molar-refractivity contribution in [2.24, 2.45) is 10.5 Å². The largest absolute Gasteiger partial charge is 0.465 e. The molecule has 114 valence electrons. The Labute approximate surface area is 125 Å². The lowest BCUT2D eigenvalue weighted by atomic mass is 9.95. The monoisotopic (exact) mass is 289 g/mol. The molecule has 0 aliphatic rings. The molecule has 21 heavy (non-hydrogen) atoms. The average molecular weight is 289 g/mol. The Hall–Kier alpha value is -2.00. The van der Waals surface area contributed by atoms with Crippen molar-refractivity contribution in [3.63, 3.8) is 0 Å². The van der Waals surface area contributed by atoms with Gasteiger partial charge in [-0.2, -0.15) is 0 Å². The molecule has 0 amide bonds. The first-order valence-corrected chi connectivity index (χ1v) is 7.01. The Morgan fingerprint density at radius 3 is 2.52 bits per heavy atom. The summed E-state index contributed by atoms with van der Waals surface area (Å²) in [6.45, 7) is 10.0. The number of hydrogen-bond donors (Lipinski definition) is 0. The van der Waals surface area contributed by atoms with Crippen LogP contribution in [-0.4, -0.2) is 19.1 Å². The summed E-state index contributed by atoms with van der Waals surface area (Å²) in [6, 6.07) is 6.07. The Balaban J connectivity index is 2.87. The second kappa shape index (κ2) is 7.14. The Kier molecular flexibility index (Phi) is 5.79. The number of azide groups is 1. The normalized spacial score (nSPS) is 12.4. The van der Waals surface area contributed by atoms with Crippen LogP contribution in [0.15, 0.2) is 23.3 Å². The van der Waals surface area contributed by atoms with Crippen LogP contribution in [0.2, 0.25) is 0 Å². The van der Waals surface area contributed by atoms with Crippen LogP contribution in [0.5, 0.6) is 0 Å². The van der Waals surface area contributed by atoms with E-state index in [0.29, 0.717) is 0 Å². The van der Waals surface area contributed by atoms with Crippen LogP contribution < -0.4 is 0 Å². The Bertz CT molecular complexity index is 555. The van der Waals surface area contributed by atoms with Gasteiger partial charge in [0, 0.05) is 17.4 Å². The highest BCUT2D eigenvalue weighted by atomic mass is 16.5. The molecule has 0 radical (unpaired) electrons. The number of esters is 1. The lowest BCUT2D eigenvalue weighted by molar-refractivity contribution is -0.153. The van der Waals surface area contributed by atoms with E-state index in [2.05, 4.69) is 16.1 Å². The van der Waals surface area contributed by atoms with Gasteiger partial charge in [0.15, 0.2) is 0 Å². The van der Waals surface area contributed by atoms with Gasteiger partial charge in [-0.1, -0.05) is 23.3 Å². The predicted octanol–water partition coefficient (Wildman–Crippen LogP) is 4.29. The molecule has 0 bridgehead atoms. The molecular formula is C16H23N3O2. The third-order valence-electron chi connectivity index (χ3n) is 3.40. The predicted molar refractivity (Wildman–Crippen MR) is 83.1 cm³/mol. The standard InChI is InChI=1S/C16H23N3O2/c1-11-6-7-13(8-12(11)2)14(9-18-19-17)10-21-15(20)16(3,4)5/h6-8,14H,9-10H2,1-5H3. The van der Waals surface area contributed by atoms with Crippen LogP contribution in [0.1, 0.15) is 43.4 Å². The van der Waals surface area contributed by atoms with E-state index in [9.17, 15) is 4.79 Å². The molecule has 0 aliphatic heterocycles. The highest BCUT2D eigenvalue weighted by Gasteiger charge is 2.24. The van der Waals surface area contributed by atoms with Gasteiger partial charge in [0.25, 0.3) is 0 Å². The first-order valence-electron chi connectivity index (χ1n) is 7.01. The van der Waals surface area contributed by atoms with Crippen molar-refractivity contribution < 1.29 is 9.53 Å². The number of ether oxygens (including phenoxy) is 1. The SMILES string of the molecule is Cc1ccc(C(CN=[N+]=[N-])COC(=O)C(C)(C)C)cc1C. The fourth-order valence-electron chi connectivity index (χ4n) is 1.80. The molecular weight excluding hydrogens is 266 g/mol. The highest BCUT2D eigenvalue weighted by Crippen LogP contribution is 2.22. The summed E-state index contributed by atoms with van der Waals surface area (Å²) in [5.74, 6) is -0.372. The molecule has 0 N–H and O–H groups in total. The summed E-state index contributed by atoms with van der Waals surface area (Å²) < 4.78 is 5.37. The second-order valence-corrected chi connectivity index (χ2v) is 6.30. The smallest absolute Gasteiger partial charge is 0.311 e. The topological polar surface area (TPSA) is 75.1 Å². The van der Waals surface area contributed by atoms with Gasteiger partial charge in [0.05, 0.1) is 12.0 Å². The van der Waals surface area contributed by atoms with E-state index in [0.717, 1.165) is 5.56 Å². The molecule has 0 spiro atoms. The molecule has 5 nitrogen and oxygen atoms in total. The Morgan fingerprint density at radius 1 is 1.33 bits per heavy atom. The van der Waals surface area contributed by atoms with Gasteiger partial charge in [-0.05, 0) is 56.8 Å². The zero-order valence-corrected chi connectivity index (χ0v) is 13.4. The fraction of sp³-hybridized carbons (Fsp3) is 0.562. The van der Waals surface area contributed by atoms with Crippen LogP contribution in [0.25, 0.3) is 10.4 Å². The van der Waals surface area contributed by atoms with Crippen LogP contribution in [-0.2, 0) is 9.53 Å². The van der Waals surface area contributed by atoms with Gasteiger partial charge in [-0.25, -0.2) is 0 Å². The maximum absolute atomic E-state index is 11.9. The summed E-state index contributed by atoms with van der Waals surface area (Å²) in [4.78, 5) is 14.7. The minimum atomic E-state index is -0.535. The van der Waals surface area contributed by atoms with Gasteiger partial charge < -0.3 is 4.74 Å². The molecule has 1 unspecified atom stereocenters. The maximum atomic E-state index is 11.9. The molecule has 1 aromatic rings. The van der Waals surface area contributed by atoms with Gasteiger partial charge in [0.2, 0.25) is 0 Å². The third kappa shape index (κ3) is 5.12. The summed E-state index contributed by atoms with van der Waals surface area (Å²) in [5.41, 5.74) is 11.4. The molecule has 1 atom stereocenters. The van der Waals surface area contributed by atoms with Crippen molar-refractivity contribution in [3.05, 3.63) is 45.3 Å². The molecule has 0 heterocycles. The van der Waals surface area contributed by atoms with Crippen molar-refractivity contribution in [1.29, 1.82) is 0 Å². The van der Waals surface area contributed by atoms with E-state index < -0.39 is 5.41 Å². The molecule has 0 saturated heterocycles. The third-order valence-corrected chi connectivity index (χ3v) is 3.40. The molecule has 1 aromatic carbocycles. The lowest BCUT2D eigenvalue weighted by Gasteiger charge is -2.21. The van der Waals surface area contributed by atoms with E-state index in [4.69, 9.17) is 10.3 Å². The molecule has 5 heteroatoms. The number of carbonyl (C=O) groups excluding carboxylic acids is 1. The van der Waals surface area contributed by atoms with Crippen molar-refractivity contribution in [2.45, 2.75) is 40.5 Å². The quantitative estimate of drug-likeness (QED) is 0.351. The van der Waals surface area contributed by atoms with Gasteiger partial charge >= 0.3 is 5.97 Å². The van der Waals surface area contributed by atoms with Crippen molar-refractivity contribution in [1.82, 2.24) is 0 Å². The molecule has 1 rings (SSSR count). The summed E-state index contributed by atoms with van der Waals surface area (Å²) in [5, 5.41) is 3.63. The number of rotatable bonds is 5. The zero-order chi connectivity index (χ0) is 16.0. The average Bonchev–Trinajstić information content (AvgIpc) is 2.41. The molecule has 0 aliphatic carbocycles. The number of hydrogen-bond acceptors (Lipinski definition) is 3. The minimum absolute atomic E-state index is 0.119. The number of aryl methyl sites for hydroxylation is 2. The molecule has 0 fully saturated rings. The highest BCUT2D eigenvalue weighted by molar-refractivity contribution is 5.75. The summed E-state index contributed by atoms with van der Waals surface area (Å²) >= 11 is 0. The van der Waals surface area contributed by atoms with Crippen molar-refractivity contribution in [3.8, 4) is 0 Å². The van der Waals surface area contributed by atoms with Crippen LogP contribution in [0.3, 0.4) is 0 Å². The van der Waals surface area contributed by atoms with Crippen molar-refractivity contribution >= 4 is 5.97 Å². The lowest BCUT2D eigenvalue weighted by Crippen LogP contribution is -2.25. The van der Waals surface area contributed by atoms with Crippen LogP contribution in [0, 0.1) is 19.3 Å². The molecule has 0 aromatic heterocycles. The van der Waals surface area contributed by atoms with E-state index in [-0.39, 0.29) is 25.0 Å². The minimum Gasteiger partial charge on any atom is -0.465 e. The fourth-order valence-corrected chi connectivity index (χ4v) is 1.80. The van der Waals surface area contributed by atoms with E-state index in [1.165, 1.54) is 11.1 Å². The Morgan fingerprint density at radius 2 is 2.00 bits per heavy atom. The second-order valence-electron chi connectivity index (χ2n) is 6.30. The summed E-state index contributed by atoms with van der Waals surface area (Å²) in [7, 11) is 0. The number of benzene rings is 1. The number of nitrogens with zero attached hydrogens (tertiary/aromatic N) is 3. The van der Waals surface area contributed by atoms with E-state index >= 15 is 0 Å².